The summed E-state index contributed by atoms with van der Waals surface area (Å²) in [5.74, 6) is 0. The van der Waals surface area contributed by atoms with Crippen LogP contribution in [0.15, 0.2) is 29.2 Å². The van der Waals surface area contributed by atoms with E-state index in [1.54, 1.807) is 11.8 Å². The molecule has 0 aromatic heterocycles. The van der Waals surface area contributed by atoms with E-state index in [1.165, 1.54) is 0 Å². The summed E-state index contributed by atoms with van der Waals surface area (Å²) in [5, 5.41) is 2.95. The number of ether oxygens (including phenoxy) is 1. The number of nitrogens with one attached hydrogen (secondary N) is 1. The lowest BCUT2D eigenvalue weighted by atomic mass is 10.2. The van der Waals surface area contributed by atoms with Crippen molar-refractivity contribution in [2.24, 2.45) is 0 Å². The molecule has 0 unspecified atom stereocenters. The lowest BCUT2D eigenvalue weighted by Crippen LogP contribution is -2.47. The minimum Gasteiger partial charge on any atom is -0.375 e. The zero-order valence-corrected chi connectivity index (χ0v) is 12.2. The minimum atomic E-state index is -0.0417. The first-order valence-corrected chi connectivity index (χ1v) is 7.77. The van der Waals surface area contributed by atoms with Crippen LogP contribution in [0.4, 0.5) is 10.5 Å². The molecule has 0 saturated carbocycles. The maximum Gasteiger partial charge on any atom is 0.322 e. The Morgan fingerprint density at radius 2 is 2.42 bits per heavy atom. The number of thioether (sulfide) groups is 1. The number of carbonyl (C=O) groups is 1. The molecule has 1 atom stereocenters. The second kappa shape index (κ2) is 6.82. The van der Waals surface area contributed by atoms with Crippen molar-refractivity contribution in [3.8, 4) is 0 Å². The number of hydrogen-bond acceptors (Lipinski definition) is 3. The highest BCUT2D eigenvalue weighted by Gasteiger charge is 2.22. The molecule has 1 heterocycles. The summed E-state index contributed by atoms with van der Waals surface area (Å²) < 4.78 is 5.57. The predicted molar refractivity (Wildman–Crippen MR) is 78.8 cm³/mol. The first kappa shape index (κ1) is 14.2. The van der Waals surface area contributed by atoms with Crippen LogP contribution in [-0.2, 0) is 4.74 Å². The molecule has 0 aliphatic carbocycles. The monoisotopic (exact) mass is 280 g/mol. The van der Waals surface area contributed by atoms with Gasteiger partial charge in [0.15, 0.2) is 0 Å². The van der Waals surface area contributed by atoms with Crippen LogP contribution in [0.5, 0.6) is 0 Å². The van der Waals surface area contributed by atoms with Gasteiger partial charge < -0.3 is 15.0 Å². The number of anilines is 1. The summed E-state index contributed by atoms with van der Waals surface area (Å²) in [5.41, 5.74) is 0.844. The molecule has 2 rings (SSSR count). The molecular weight excluding hydrogens is 260 g/mol. The number of hydrogen-bond donors (Lipinski definition) is 1. The molecule has 1 aliphatic heterocycles. The summed E-state index contributed by atoms with van der Waals surface area (Å²) in [6, 6.07) is 7.84. The van der Waals surface area contributed by atoms with Crippen molar-refractivity contribution in [2.45, 2.75) is 24.3 Å². The van der Waals surface area contributed by atoms with Crippen molar-refractivity contribution in [3.63, 3.8) is 0 Å². The molecule has 19 heavy (non-hydrogen) atoms. The topological polar surface area (TPSA) is 41.6 Å². The van der Waals surface area contributed by atoms with Gasteiger partial charge in [0, 0.05) is 23.7 Å². The number of urea groups is 1. The van der Waals surface area contributed by atoms with Gasteiger partial charge in [0.1, 0.15) is 0 Å². The van der Waals surface area contributed by atoms with Gasteiger partial charge in [-0.05, 0) is 30.9 Å². The fourth-order valence-corrected chi connectivity index (χ4v) is 2.51. The molecule has 1 N–H and O–H groups in total. The third kappa shape index (κ3) is 3.88. The molecule has 2 amide bonds. The van der Waals surface area contributed by atoms with Crippen molar-refractivity contribution in [3.05, 3.63) is 24.3 Å². The van der Waals surface area contributed by atoms with Gasteiger partial charge in [-0.3, -0.25) is 0 Å². The van der Waals surface area contributed by atoms with E-state index < -0.39 is 0 Å². The Morgan fingerprint density at radius 1 is 1.58 bits per heavy atom. The van der Waals surface area contributed by atoms with Gasteiger partial charge in [-0.15, -0.1) is 11.8 Å². The van der Waals surface area contributed by atoms with E-state index in [0.717, 1.165) is 17.0 Å². The van der Waals surface area contributed by atoms with Gasteiger partial charge in [0.05, 0.1) is 12.7 Å². The maximum absolute atomic E-state index is 12.2. The Bertz CT molecular complexity index is 439. The predicted octanol–water partition coefficient (Wildman–Crippen LogP) is 3.05. The average Bonchev–Trinajstić information content (AvgIpc) is 2.47. The van der Waals surface area contributed by atoms with Crippen molar-refractivity contribution in [1.82, 2.24) is 4.90 Å². The molecule has 1 aliphatic rings. The van der Waals surface area contributed by atoms with E-state index in [0.29, 0.717) is 19.7 Å². The van der Waals surface area contributed by atoms with E-state index >= 15 is 0 Å². The Kier molecular flexibility index (Phi) is 5.10. The molecule has 1 aromatic rings. The highest BCUT2D eigenvalue weighted by molar-refractivity contribution is 7.98. The molecule has 1 aromatic carbocycles. The van der Waals surface area contributed by atoms with E-state index in [2.05, 4.69) is 12.2 Å². The van der Waals surface area contributed by atoms with Crippen LogP contribution in [0.3, 0.4) is 0 Å². The molecule has 104 valence electrons. The zero-order valence-electron chi connectivity index (χ0n) is 11.4. The lowest BCUT2D eigenvalue weighted by molar-refractivity contribution is -0.0134. The molecule has 1 fully saturated rings. The van der Waals surface area contributed by atoms with Crippen LogP contribution < -0.4 is 5.32 Å². The molecular formula is C14H20N2O2S. The molecule has 0 spiro atoms. The van der Waals surface area contributed by atoms with E-state index in [1.807, 2.05) is 35.4 Å². The highest BCUT2D eigenvalue weighted by Crippen LogP contribution is 2.19. The first-order chi connectivity index (χ1) is 9.22. The van der Waals surface area contributed by atoms with Gasteiger partial charge >= 0.3 is 6.03 Å². The van der Waals surface area contributed by atoms with Crippen molar-refractivity contribution < 1.29 is 9.53 Å². The molecule has 0 bridgehead atoms. The number of carbonyl (C=O) groups excluding carboxylic acids is 1. The average molecular weight is 280 g/mol. The highest BCUT2D eigenvalue weighted by atomic mass is 32.2. The van der Waals surface area contributed by atoms with Gasteiger partial charge in [-0.2, -0.15) is 0 Å². The number of benzene rings is 1. The van der Waals surface area contributed by atoms with Gasteiger partial charge in [0.2, 0.25) is 0 Å². The Morgan fingerprint density at radius 3 is 3.16 bits per heavy atom. The van der Waals surface area contributed by atoms with E-state index in [9.17, 15) is 4.79 Å². The summed E-state index contributed by atoms with van der Waals surface area (Å²) >= 11 is 1.66. The number of nitrogens with zero attached hydrogens (tertiary/aromatic N) is 1. The minimum absolute atomic E-state index is 0.0417. The van der Waals surface area contributed by atoms with Gasteiger partial charge in [-0.1, -0.05) is 13.0 Å². The van der Waals surface area contributed by atoms with Crippen LogP contribution in [0.1, 0.15) is 13.3 Å². The van der Waals surface area contributed by atoms with Gasteiger partial charge in [0.25, 0.3) is 0 Å². The van der Waals surface area contributed by atoms with Crippen molar-refractivity contribution in [1.29, 1.82) is 0 Å². The Labute approximate surface area is 118 Å². The summed E-state index contributed by atoms with van der Waals surface area (Å²) in [7, 11) is 0. The fraction of sp³-hybridized carbons (Fsp3) is 0.500. The third-order valence-electron chi connectivity index (χ3n) is 3.20. The van der Waals surface area contributed by atoms with Crippen LogP contribution in [0, 0.1) is 0 Å². The van der Waals surface area contributed by atoms with E-state index in [4.69, 9.17) is 4.74 Å². The van der Waals surface area contributed by atoms with Crippen molar-refractivity contribution >= 4 is 23.5 Å². The molecule has 5 heteroatoms. The van der Waals surface area contributed by atoms with Crippen molar-refractivity contribution in [2.75, 3.05) is 31.3 Å². The number of amides is 2. The largest absolute Gasteiger partial charge is 0.375 e. The SMILES string of the molecule is CC[C@H]1CN(C(=O)Nc2cccc(SC)c2)CCO1. The third-order valence-corrected chi connectivity index (χ3v) is 3.93. The number of morpholine rings is 1. The first-order valence-electron chi connectivity index (χ1n) is 6.54. The standard InChI is InChI=1S/C14H20N2O2S/c1-3-12-10-16(7-8-18-12)14(17)15-11-5-4-6-13(9-11)19-2/h4-6,9,12H,3,7-8,10H2,1-2H3,(H,15,17)/t12-/m0/s1. The summed E-state index contributed by atoms with van der Waals surface area (Å²) in [6.45, 7) is 4.03. The van der Waals surface area contributed by atoms with Crippen LogP contribution >= 0.6 is 11.8 Å². The summed E-state index contributed by atoms with van der Waals surface area (Å²) in [6.07, 6.45) is 3.12. The Balaban J connectivity index is 1.96. The smallest absolute Gasteiger partial charge is 0.322 e. The second-order valence-corrected chi connectivity index (χ2v) is 5.39. The fourth-order valence-electron chi connectivity index (χ4n) is 2.05. The van der Waals surface area contributed by atoms with Crippen LogP contribution in [-0.4, -0.2) is 43.0 Å². The van der Waals surface area contributed by atoms with Crippen LogP contribution in [0.2, 0.25) is 0 Å². The van der Waals surface area contributed by atoms with E-state index in [-0.39, 0.29) is 12.1 Å². The lowest BCUT2D eigenvalue weighted by Gasteiger charge is -2.32. The Hall–Kier alpha value is -1.20. The summed E-state index contributed by atoms with van der Waals surface area (Å²) in [4.78, 5) is 15.1. The zero-order chi connectivity index (χ0) is 13.7. The molecule has 1 saturated heterocycles. The van der Waals surface area contributed by atoms with Gasteiger partial charge in [-0.25, -0.2) is 4.79 Å². The molecule has 4 nitrogen and oxygen atoms in total. The number of rotatable bonds is 3. The normalized spacial score (nSPS) is 19.3. The molecule has 0 radical (unpaired) electrons. The maximum atomic E-state index is 12.2. The van der Waals surface area contributed by atoms with Crippen LogP contribution in [0.25, 0.3) is 0 Å². The quantitative estimate of drug-likeness (QED) is 0.865. The second-order valence-electron chi connectivity index (χ2n) is 4.51.